The average Bonchev–Trinajstić information content (AvgIpc) is 3.80. The van der Waals surface area contributed by atoms with Crippen LogP contribution in [0, 0.1) is 11.7 Å². The van der Waals surface area contributed by atoms with E-state index in [1.54, 1.807) is 47.6 Å². The number of nitrogens with one attached hydrogen (secondary N) is 2. The summed E-state index contributed by atoms with van der Waals surface area (Å²) in [5.74, 6) is 0.278. The van der Waals surface area contributed by atoms with E-state index in [0.717, 1.165) is 37.3 Å². The SMILES string of the molecule is O=C1COc2cccc(c2)-c2ccc(F)c(c2)C(=O)N[C@H]2CN(C(=O)C3CCN(Cc4ccco4)CC3)C[C@@H]2Oc2ccc(cc2)CN1.O=CO. The lowest BCUT2D eigenvalue weighted by Gasteiger charge is -2.32. The molecule has 3 N–H and O–H groups in total. The van der Waals surface area contributed by atoms with Gasteiger partial charge in [-0.15, -0.1) is 0 Å². The number of nitrogens with zero attached hydrogens (tertiary/aromatic N) is 2. The van der Waals surface area contributed by atoms with Crippen molar-refractivity contribution in [2.45, 2.75) is 38.1 Å². The summed E-state index contributed by atoms with van der Waals surface area (Å²) in [7, 11) is 0. The fourth-order valence-corrected chi connectivity index (χ4v) is 6.58. The third kappa shape index (κ3) is 8.92. The van der Waals surface area contributed by atoms with Crippen LogP contribution in [-0.2, 0) is 27.5 Å². The number of carbonyl (C=O) groups is 4. The predicted molar refractivity (Wildman–Crippen MR) is 183 cm³/mol. The van der Waals surface area contributed by atoms with Crippen LogP contribution in [0.25, 0.3) is 11.1 Å². The van der Waals surface area contributed by atoms with Gasteiger partial charge in [-0.1, -0.05) is 30.3 Å². The smallest absolute Gasteiger partial charge is 0.290 e. The molecular weight excluding hydrogens is 659 g/mol. The van der Waals surface area contributed by atoms with E-state index in [1.165, 1.54) is 12.1 Å². The van der Waals surface area contributed by atoms with E-state index in [-0.39, 0.29) is 49.5 Å². The molecule has 0 spiro atoms. The lowest BCUT2D eigenvalue weighted by Crippen LogP contribution is -2.45. The fraction of sp³-hybridized carbons (Fsp3) is 0.316. The van der Waals surface area contributed by atoms with Crippen molar-refractivity contribution >= 4 is 24.2 Å². The lowest BCUT2D eigenvalue weighted by atomic mass is 9.95. The summed E-state index contributed by atoms with van der Waals surface area (Å²) in [4.78, 5) is 52.4. The van der Waals surface area contributed by atoms with Crippen LogP contribution in [0.5, 0.6) is 11.5 Å². The van der Waals surface area contributed by atoms with E-state index in [1.807, 2.05) is 30.3 Å². The first-order valence-corrected chi connectivity index (χ1v) is 16.8. The Labute approximate surface area is 294 Å². The molecule has 2 saturated heterocycles. The largest absolute Gasteiger partial charge is 0.486 e. The summed E-state index contributed by atoms with van der Waals surface area (Å²) in [5.41, 5.74) is 2.06. The zero-order chi connectivity index (χ0) is 35.7. The van der Waals surface area contributed by atoms with Crippen LogP contribution in [0.3, 0.4) is 0 Å². The highest BCUT2D eigenvalue weighted by atomic mass is 19.1. The summed E-state index contributed by atoms with van der Waals surface area (Å²) in [6.45, 7) is 2.68. The highest BCUT2D eigenvalue weighted by Crippen LogP contribution is 2.28. The van der Waals surface area contributed by atoms with Crippen molar-refractivity contribution in [2.24, 2.45) is 5.92 Å². The number of benzene rings is 3. The second kappa shape index (κ2) is 16.3. The molecule has 6 bridgehead atoms. The molecule has 12 nitrogen and oxygen atoms in total. The summed E-state index contributed by atoms with van der Waals surface area (Å²) >= 11 is 0. The number of amides is 3. The Morgan fingerprint density at radius 1 is 0.941 bits per heavy atom. The van der Waals surface area contributed by atoms with Gasteiger partial charge in [0.15, 0.2) is 6.61 Å². The van der Waals surface area contributed by atoms with Crippen molar-refractivity contribution in [1.82, 2.24) is 20.4 Å². The monoisotopic (exact) mass is 698 g/mol. The fourth-order valence-electron chi connectivity index (χ4n) is 6.58. The van der Waals surface area contributed by atoms with Crippen molar-refractivity contribution in [3.63, 3.8) is 0 Å². The number of carboxylic acid groups (broad SMARTS) is 1. The molecule has 0 aliphatic carbocycles. The molecule has 3 aromatic carbocycles. The first-order valence-electron chi connectivity index (χ1n) is 16.8. The van der Waals surface area contributed by atoms with Crippen LogP contribution in [0.1, 0.15) is 34.5 Å². The molecule has 13 heteroatoms. The number of piperidine rings is 1. The Kier molecular flexibility index (Phi) is 11.3. The number of ether oxygens (including phenoxy) is 2. The highest BCUT2D eigenvalue weighted by Gasteiger charge is 2.41. The molecule has 0 radical (unpaired) electrons. The Balaban J connectivity index is 0.00000144. The van der Waals surface area contributed by atoms with Gasteiger partial charge in [-0.05, 0) is 91.2 Å². The van der Waals surface area contributed by atoms with E-state index in [0.29, 0.717) is 35.7 Å². The first kappa shape index (κ1) is 35.1. The second-order valence-electron chi connectivity index (χ2n) is 12.6. The van der Waals surface area contributed by atoms with Gasteiger partial charge in [0.05, 0.1) is 31.0 Å². The Morgan fingerprint density at radius 3 is 2.45 bits per heavy atom. The quantitative estimate of drug-likeness (QED) is 0.269. The van der Waals surface area contributed by atoms with Gasteiger partial charge in [-0.3, -0.25) is 24.1 Å². The van der Waals surface area contributed by atoms with Crippen LogP contribution in [0.2, 0.25) is 0 Å². The third-order valence-electron chi connectivity index (χ3n) is 9.24. The van der Waals surface area contributed by atoms with E-state index < -0.39 is 23.9 Å². The minimum atomic E-state index is -0.664. The van der Waals surface area contributed by atoms with Crippen molar-refractivity contribution in [1.29, 1.82) is 0 Å². The molecule has 0 unspecified atom stereocenters. The molecule has 51 heavy (non-hydrogen) atoms. The lowest BCUT2D eigenvalue weighted by molar-refractivity contribution is -0.136. The molecule has 266 valence electrons. The molecule has 5 heterocycles. The summed E-state index contributed by atoms with van der Waals surface area (Å²) in [5, 5.41) is 12.7. The van der Waals surface area contributed by atoms with Crippen LogP contribution in [0.4, 0.5) is 4.39 Å². The van der Waals surface area contributed by atoms with E-state index in [2.05, 4.69) is 15.5 Å². The van der Waals surface area contributed by atoms with Gasteiger partial charge in [0.2, 0.25) is 5.91 Å². The molecule has 4 aliphatic heterocycles. The number of furan rings is 1. The van der Waals surface area contributed by atoms with Gasteiger partial charge in [0.25, 0.3) is 18.3 Å². The standard InChI is InChI=1S/C37H37FN4O6.CH2O2/c38-32-11-8-27-18-31(32)36(44)40-33-21-42(37(45)25-12-14-41(15-13-25)20-30-5-2-16-46-30)22-34(33)48-28-9-6-24(7-10-28)19-39-35(43)23-47-29-4-1-3-26(27)17-29;2-1-3/h1-11,16-18,25,33-34H,12-15,19-23H2,(H,39,43)(H,40,44);1H,(H,2,3)/t33-,34-;/m0./s1. The number of fused-ring (bicyclic) bond motifs is 7. The van der Waals surface area contributed by atoms with E-state index >= 15 is 4.39 Å². The van der Waals surface area contributed by atoms with E-state index in [9.17, 15) is 14.4 Å². The topological polar surface area (TPSA) is 151 Å². The molecular formula is C38H39FN4O8. The summed E-state index contributed by atoms with van der Waals surface area (Å²) in [6.07, 6.45) is 2.55. The zero-order valence-corrected chi connectivity index (χ0v) is 27.8. The summed E-state index contributed by atoms with van der Waals surface area (Å²) in [6, 6.07) is 22.0. The number of hydrogen-bond acceptors (Lipinski definition) is 8. The van der Waals surface area contributed by atoms with Crippen LogP contribution >= 0.6 is 0 Å². The third-order valence-corrected chi connectivity index (χ3v) is 9.24. The molecule has 4 aliphatic rings. The number of halogens is 1. The first-order chi connectivity index (χ1) is 24.8. The van der Waals surface area contributed by atoms with Gasteiger partial charge in [0, 0.05) is 19.0 Å². The maximum absolute atomic E-state index is 15.1. The molecule has 2 fully saturated rings. The minimum Gasteiger partial charge on any atom is -0.486 e. The number of likely N-dealkylation sites (tertiary alicyclic amines) is 2. The Morgan fingerprint density at radius 2 is 1.71 bits per heavy atom. The van der Waals surface area contributed by atoms with Crippen molar-refractivity contribution in [3.05, 3.63) is 108 Å². The van der Waals surface area contributed by atoms with Crippen molar-refractivity contribution in [3.8, 4) is 22.6 Å². The van der Waals surface area contributed by atoms with Gasteiger partial charge in [-0.2, -0.15) is 0 Å². The van der Waals surface area contributed by atoms with Crippen molar-refractivity contribution < 1.29 is 42.6 Å². The number of hydrogen-bond donors (Lipinski definition) is 3. The van der Waals surface area contributed by atoms with Gasteiger partial charge in [-0.25, -0.2) is 4.39 Å². The zero-order valence-electron chi connectivity index (χ0n) is 27.8. The maximum Gasteiger partial charge on any atom is 0.290 e. The Hall–Kier alpha value is -5.69. The van der Waals surface area contributed by atoms with Crippen molar-refractivity contribution in [2.75, 3.05) is 32.8 Å². The second-order valence-corrected chi connectivity index (χ2v) is 12.6. The van der Waals surface area contributed by atoms with Gasteiger partial charge >= 0.3 is 0 Å². The summed E-state index contributed by atoms with van der Waals surface area (Å²) < 4.78 is 32.7. The molecule has 2 atom stereocenters. The number of carbonyl (C=O) groups excluding carboxylic acids is 3. The molecule has 0 saturated carbocycles. The highest BCUT2D eigenvalue weighted by molar-refractivity contribution is 5.96. The average molecular weight is 699 g/mol. The van der Waals surface area contributed by atoms with E-state index in [4.69, 9.17) is 23.8 Å². The van der Waals surface area contributed by atoms with Crippen LogP contribution < -0.4 is 20.1 Å². The minimum absolute atomic E-state index is 0.0323. The predicted octanol–water partition coefficient (Wildman–Crippen LogP) is 4.10. The maximum atomic E-state index is 15.1. The molecule has 1 aromatic heterocycles. The molecule has 4 aromatic rings. The normalized spacial score (nSPS) is 19.7. The molecule has 8 rings (SSSR count). The van der Waals surface area contributed by atoms with Crippen LogP contribution in [-0.4, -0.2) is 84.0 Å². The van der Waals surface area contributed by atoms with Gasteiger partial charge in [0.1, 0.15) is 29.2 Å². The van der Waals surface area contributed by atoms with Gasteiger partial charge < -0.3 is 34.5 Å². The van der Waals surface area contributed by atoms with Crippen LogP contribution in [0.15, 0.2) is 89.5 Å². The Bertz CT molecular complexity index is 1830. The molecule has 3 amide bonds. The number of rotatable bonds is 3.